The second-order valence-corrected chi connectivity index (χ2v) is 12.5. The highest BCUT2D eigenvalue weighted by Crippen LogP contribution is 2.48. The van der Waals surface area contributed by atoms with Crippen LogP contribution in [0, 0.1) is 5.92 Å². The first-order valence-corrected chi connectivity index (χ1v) is 15.3. The van der Waals surface area contributed by atoms with Gasteiger partial charge < -0.3 is 20.1 Å². The van der Waals surface area contributed by atoms with Crippen LogP contribution in [0.1, 0.15) is 42.6 Å². The van der Waals surface area contributed by atoms with Crippen LogP contribution in [0.15, 0.2) is 91.1 Å². The van der Waals surface area contributed by atoms with Crippen molar-refractivity contribution in [2.75, 3.05) is 11.5 Å². The molecule has 3 N–H and O–H groups in total. The van der Waals surface area contributed by atoms with E-state index >= 15 is 0 Å². The van der Waals surface area contributed by atoms with Gasteiger partial charge in [-0.25, -0.2) is 0 Å². The van der Waals surface area contributed by atoms with E-state index in [0.717, 1.165) is 35.9 Å². The van der Waals surface area contributed by atoms with E-state index in [2.05, 4.69) is 22.1 Å². The SMILES string of the molecule is CCCCn1ccc2cc(C(=O)N[C@@H](Cc3ccccc3)P(=O)(O)CC(C)C(=O)Nc3ccccc3)ccc21. The molecule has 8 heteroatoms. The van der Waals surface area contributed by atoms with Gasteiger partial charge in [-0.05, 0) is 48.4 Å². The van der Waals surface area contributed by atoms with Crippen LogP contribution < -0.4 is 10.6 Å². The van der Waals surface area contributed by atoms with Crippen molar-refractivity contribution in [2.24, 2.45) is 5.92 Å². The Labute approximate surface area is 229 Å². The lowest BCUT2D eigenvalue weighted by atomic mass is 10.1. The number of amides is 2. The third kappa shape index (κ3) is 7.47. The van der Waals surface area contributed by atoms with Gasteiger partial charge in [-0.1, -0.05) is 68.8 Å². The summed E-state index contributed by atoms with van der Waals surface area (Å²) in [6.07, 6.45) is 4.09. The van der Waals surface area contributed by atoms with Crippen LogP contribution in [0.3, 0.4) is 0 Å². The molecule has 0 aliphatic rings. The number of hydrogen-bond donors (Lipinski definition) is 3. The highest BCUT2D eigenvalue weighted by molar-refractivity contribution is 7.58. The molecule has 0 aliphatic heterocycles. The number of aryl methyl sites for hydroxylation is 1. The number of benzene rings is 3. The Morgan fingerprint density at radius 1 is 0.974 bits per heavy atom. The smallest absolute Gasteiger partial charge is 0.251 e. The maximum absolute atomic E-state index is 13.7. The van der Waals surface area contributed by atoms with Gasteiger partial charge in [0.15, 0.2) is 0 Å². The van der Waals surface area contributed by atoms with Crippen LogP contribution in [0.2, 0.25) is 0 Å². The van der Waals surface area contributed by atoms with Gasteiger partial charge in [0, 0.05) is 53.4 Å². The average molecular weight is 546 g/mol. The highest BCUT2D eigenvalue weighted by Gasteiger charge is 2.36. The molecule has 0 saturated heterocycles. The van der Waals surface area contributed by atoms with Gasteiger partial charge in [-0.2, -0.15) is 0 Å². The van der Waals surface area contributed by atoms with E-state index in [4.69, 9.17) is 0 Å². The van der Waals surface area contributed by atoms with E-state index in [1.165, 1.54) is 0 Å². The van der Waals surface area contributed by atoms with Crippen molar-refractivity contribution in [3.63, 3.8) is 0 Å². The zero-order chi connectivity index (χ0) is 27.8. The summed E-state index contributed by atoms with van der Waals surface area (Å²) in [5.41, 5.74) is 2.91. The first-order valence-electron chi connectivity index (χ1n) is 13.4. The van der Waals surface area contributed by atoms with Crippen molar-refractivity contribution < 1.29 is 19.0 Å². The van der Waals surface area contributed by atoms with E-state index in [-0.39, 0.29) is 18.5 Å². The molecule has 1 heterocycles. The Balaban J connectivity index is 1.52. The summed E-state index contributed by atoms with van der Waals surface area (Å²) in [7, 11) is -4.01. The summed E-state index contributed by atoms with van der Waals surface area (Å²) >= 11 is 0. The molecule has 0 spiro atoms. The van der Waals surface area contributed by atoms with Crippen molar-refractivity contribution in [3.05, 3.63) is 102 Å². The lowest BCUT2D eigenvalue weighted by Gasteiger charge is -2.26. The van der Waals surface area contributed by atoms with Crippen molar-refractivity contribution in [2.45, 2.75) is 45.4 Å². The Morgan fingerprint density at radius 3 is 2.36 bits per heavy atom. The standard InChI is InChI=1S/C31H36N3O4P/c1-3-4-18-34-19-17-25-21-26(15-16-28(25)34)31(36)33-29(20-24-11-7-5-8-12-24)39(37,38)22-23(2)30(35)32-27-13-9-6-10-14-27/h5-17,19,21,23,29H,3-4,18,20,22H2,1-2H3,(H,32,35)(H,33,36)(H,37,38)/t23?,29-/m1/s1. The fourth-order valence-electron chi connectivity index (χ4n) is 4.62. The van der Waals surface area contributed by atoms with Gasteiger partial charge >= 0.3 is 0 Å². The van der Waals surface area contributed by atoms with Gasteiger partial charge in [0.2, 0.25) is 13.3 Å². The predicted molar refractivity (Wildman–Crippen MR) is 157 cm³/mol. The molecule has 4 aromatic rings. The van der Waals surface area contributed by atoms with Crippen LogP contribution in [-0.4, -0.2) is 33.2 Å². The van der Waals surface area contributed by atoms with Gasteiger partial charge in [-0.3, -0.25) is 14.2 Å². The molecule has 3 atom stereocenters. The number of hydrogen-bond acceptors (Lipinski definition) is 3. The molecular formula is C31H36N3O4P. The van der Waals surface area contributed by atoms with Gasteiger partial charge in [0.1, 0.15) is 5.78 Å². The summed E-state index contributed by atoms with van der Waals surface area (Å²) in [4.78, 5) is 37.4. The van der Waals surface area contributed by atoms with Crippen molar-refractivity contribution in [3.8, 4) is 0 Å². The van der Waals surface area contributed by atoms with Crippen molar-refractivity contribution >= 4 is 35.8 Å². The number of para-hydroxylation sites is 1. The third-order valence-electron chi connectivity index (χ3n) is 6.87. The number of nitrogens with zero attached hydrogens (tertiary/aromatic N) is 1. The summed E-state index contributed by atoms with van der Waals surface area (Å²) in [6.45, 7) is 4.68. The molecule has 204 valence electrons. The Bertz CT molecular complexity index is 1450. The molecule has 0 radical (unpaired) electrons. The number of carbonyl (C=O) groups excluding carboxylic acids is 2. The Kier molecular flexibility index (Phi) is 9.39. The summed E-state index contributed by atoms with van der Waals surface area (Å²) in [5, 5.41) is 6.56. The molecule has 4 rings (SSSR count). The molecule has 39 heavy (non-hydrogen) atoms. The first-order chi connectivity index (χ1) is 18.8. The van der Waals surface area contributed by atoms with Gasteiger partial charge in [0.05, 0.1) is 0 Å². The number of anilines is 1. The van der Waals surface area contributed by atoms with E-state index in [9.17, 15) is 19.0 Å². The molecule has 0 bridgehead atoms. The normalized spacial score (nSPS) is 14.3. The summed E-state index contributed by atoms with van der Waals surface area (Å²) < 4.78 is 15.9. The minimum Gasteiger partial charge on any atom is -0.347 e. The van der Waals surface area contributed by atoms with Crippen molar-refractivity contribution in [1.29, 1.82) is 0 Å². The lowest BCUT2D eigenvalue weighted by molar-refractivity contribution is -0.118. The molecular weight excluding hydrogens is 509 g/mol. The quantitative estimate of drug-likeness (QED) is 0.182. The molecule has 0 aliphatic carbocycles. The lowest BCUT2D eigenvalue weighted by Crippen LogP contribution is -2.38. The van der Waals surface area contributed by atoms with E-state index in [0.29, 0.717) is 11.3 Å². The highest BCUT2D eigenvalue weighted by atomic mass is 31.2. The van der Waals surface area contributed by atoms with Crippen LogP contribution in [0.4, 0.5) is 5.69 Å². The van der Waals surface area contributed by atoms with Crippen LogP contribution in [-0.2, 0) is 22.3 Å². The Hall–Kier alpha value is -3.67. The fraction of sp³-hybridized carbons (Fsp3) is 0.290. The van der Waals surface area contributed by atoms with Crippen molar-refractivity contribution in [1.82, 2.24) is 9.88 Å². The Morgan fingerprint density at radius 2 is 1.67 bits per heavy atom. The molecule has 2 unspecified atom stereocenters. The van der Waals surface area contributed by atoms with E-state index < -0.39 is 25.0 Å². The maximum Gasteiger partial charge on any atom is 0.251 e. The van der Waals surface area contributed by atoms with Gasteiger partial charge in [-0.15, -0.1) is 0 Å². The predicted octanol–water partition coefficient (Wildman–Crippen LogP) is 6.29. The van der Waals surface area contributed by atoms with Crippen LogP contribution in [0.25, 0.3) is 10.9 Å². The number of rotatable bonds is 12. The molecule has 0 saturated carbocycles. The first kappa shape index (κ1) is 28.3. The monoisotopic (exact) mass is 545 g/mol. The van der Waals surface area contributed by atoms with E-state index in [1.54, 1.807) is 37.3 Å². The fourth-order valence-corrected chi connectivity index (χ4v) is 6.64. The number of aromatic nitrogens is 1. The van der Waals surface area contributed by atoms with Crippen LogP contribution in [0.5, 0.6) is 0 Å². The second-order valence-electron chi connectivity index (χ2n) is 10.0. The number of unbranched alkanes of at least 4 members (excludes halogenated alkanes) is 1. The molecule has 7 nitrogen and oxygen atoms in total. The second kappa shape index (κ2) is 12.9. The third-order valence-corrected chi connectivity index (χ3v) is 9.22. The molecule has 2 amide bonds. The minimum absolute atomic E-state index is 0.170. The average Bonchev–Trinajstić information content (AvgIpc) is 3.34. The largest absolute Gasteiger partial charge is 0.347 e. The van der Waals surface area contributed by atoms with E-state index in [1.807, 2.05) is 60.8 Å². The molecule has 3 aromatic carbocycles. The van der Waals surface area contributed by atoms with Gasteiger partial charge in [0.25, 0.3) is 5.91 Å². The summed E-state index contributed by atoms with van der Waals surface area (Å²) in [5.74, 6) is -2.56. The topological polar surface area (TPSA) is 100 Å². The number of fused-ring (bicyclic) bond motifs is 1. The summed E-state index contributed by atoms with van der Waals surface area (Å²) in [6, 6.07) is 25.7. The number of carbonyl (C=O) groups is 2. The minimum atomic E-state index is -4.01. The maximum atomic E-state index is 13.7. The molecule has 1 aromatic heterocycles. The number of nitrogens with one attached hydrogen (secondary N) is 2. The van der Waals surface area contributed by atoms with Crippen LogP contribution >= 0.6 is 7.37 Å². The zero-order valence-corrected chi connectivity index (χ0v) is 23.3. The zero-order valence-electron chi connectivity index (χ0n) is 22.4. The molecule has 0 fully saturated rings.